The number of aliphatic hydroxyl groups is 1. The van der Waals surface area contributed by atoms with Crippen LogP contribution in [0.2, 0.25) is 0 Å². The summed E-state index contributed by atoms with van der Waals surface area (Å²) in [6.07, 6.45) is 31.2. The van der Waals surface area contributed by atoms with E-state index in [1.54, 1.807) is 0 Å². The fraction of sp³-hybridized carbons (Fsp3) is 0.900. The van der Waals surface area contributed by atoms with Crippen molar-refractivity contribution in [2.75, 3.05) is 0 Å². The Kier molecular flexibility index (Phi) is 25.1. The number of nitrogens with one attached hydrogen (secondary N) is 1. The lowest BCUT2D eigenvalue weighted by atomic mass is 10.0. The molecule has 3 heteroatoms. The van der Waals surface area contributed by atoms with Gasteiger partial charge in [-0.05, 0) is 26.2 Å². The van der Waals surface area contributed by atoms with Crippen LogP contribution in [-0.2, 0) is 4.79 Å². The second kappa shape index (κ2) is 25.8. The number of amides is 1. The zero-order valence-electron chi connectivity index (χ0n) is 22.7. The molecular weight excluding hydrogens is 406 g/mol. The van der Waals surface area contributed by atoms with E-state index in [1.165, 1.54) is 116 Å². The molecule has 0 aliphatic rings. The highest BCUT2D eigenvalue weighted by atomic mass is 16.3. The summed E-state index contributed by atoms with van der Waals surface area (Å²) < 4.78 is 0. The normalized spacial score (nSPS) is 13.5. The van der Waals surface area contributed by atoms with Gasteiger partial charge in [0, 0.05) is 6.42 Å². The van der Waals surface area contributed by atoms with E-state index >= 15 is 0 Å². The highest BCUT2D eigenvalue weighted by Crippen LogP contribution is 2.13. The van der Waals surface area contributed by atoms with Crippen molar-refractivity contribution in [2.24, 2.45) is 0 Å². The Morgan fingerprint density at radius 3 is 1.52 bits per heavy atom. The molecule has 0 aromatic rings. The number of aliphatic hydroxyl groups excluding tert-OH is 1. The zero-order valence-corrected chi connectivity index (χ0v) is 22.7. The Labute approximate surface area is 207 Å². The Hall–Kier alpha value is -0.830. The second-order valence-corrected chi connectivity index (χ2v) is 10.2. The van der Waals surface area contributed by atoms with Gasteiger partial charge in [0.15, 0.2) is 0 Å². The molecule has 2 N–H and O–H groups in total. The van der Waals surface area contributed by atoms with Gasteiger partial charge in [-0.1, -0.05) is 142 Å². The van der Waals surface area contributed by atoms with E-state index < -0.39 is 6.10 Å². The molecule has 0 spiro atoms. The number of carbonyl (C=O) groups excluding carboxylic acids is 1. The molecule has 0 fully saturated rings. The molecule has 33 heavy (non-hydrogen) atoms. The van der Waals surface area contributed by atoms with Crippen molar-refractivity contribution in [3.05, 3.63) is 12.2 Å². The van der Waals surface area contributed by atoms with Gasteiger partial charge in [0.2, 0.25) is 5.91 Å². The zero-order chi connectivity index (χ0) is 24.4. The molecule has 3 nitrogen and oxygen atoms in total. The van der Waals surface area contributed by atoms with Crippen LogP contribution in [0.15, 0.2) is 12.2 Å². The first kappa shape index (κ1) is 32.2. The van der Waals surface area contributed by atoms with Gasteiger partial charge in [0.1, 0.15) is 0 Å². The van der Waals surface area contributed by atoms with E-state index in [0.717, 1.165) is 19.3 Å². The molecule has 0 radical (unpaired) electrons. The van der Waals surface area contributed by atoms with Crippen LogP contribution in [0.3, 0.4) is 0 Å². The van der Waals surface area contributed by atoms with Crippen LogP contribution in [0.4, 0.5) is 0 Å². The fourth-order valence-electron chi connectivity index (χ4n) is 4.34. The van der Waals surface area contributed by atoms with Crippen molar-refractivity contribution in [3.63, 3.8) is 0 Å². The maximum absolute atomic E-state index is 12.1. The number of rotatable bonds is 25. The first-order chi connectivity index (χ1) is 16.1. The molecule has 0 saturated carbocycles. The third kappa shape index (κ3) is 24.1. The fourth-order valence-corrected chi connectivity index (χ4v) is 4.34. The summed E-state index contributed by atoms with van der Waals surface area (Å²) in [6.45, 7) is 6.42. The van der Waals surface area contributed by atoms with Crippen molar-refractivity contribution in [3.8, 4) is 0 Å². The molecule has 0 aromatic carbocycles. The molecule has 0 rings (SSSR count). The van der Waals surface area contributed by atoms with Crippen molar-refractivity contribution in [1.29, 1.82) is 0 Å². The molecule has 196 valence electrons. The van der Waals surface area contributed by atoms with E-state index in [0.29, 0.717) is 6.42 Å². The molecule has 0 aromatic heterocycles. The number of hydrogen-bond donors (Lipinski definition) is 2. The van der Waals surface area contributed by atoms with Crippen molar-refractivity contribution >= 4 is 5.91 Å². The van der Waals surface area contributed by atoms with E-state index in [9.17, 15) is 9.90 Å². The summed E-state index contributed by atoms with van der Waals surface area (Å²) in [5.74, 6) is 0.0725. The molecule has 1 amide bonds. The van der Waals surface area contributed by atoms with Crippen LogP contribution in [0.1, 0.15) is 162 Å². The maximum Gasteiger partial charge on any atom is 0.220 e. The minimum Gasteiger partial charge on any atom is -0.387 e. The Morgan fingerprint density at radius 2 is 1.06 bits per heavy atom. The molecule has 0 aliphatic carbocycles. The Morgan fingerprint density at radius 1 is 0.667 bits per heavy atom. The molecule has 2 atom stereocenters. The molecule has 0 saturated heterocycles. The van der Waals surface area contributed by atoms with Crippen LogP contribution in [0.25, 0.3) is 0 Å². The van der Waals surface area contributed by atoms with Crippen LogP contribution in [0.5, 0.6) is 0 Å². The quantitative estimate of drug-likeness (QED) is 0.104. The Bertz CT molecular complexity index is 435. The number of allylic oxidation sites excluding steroid dienone is 1. The predicted molar refractivity (Wildman–Crippen MR) is 146 cm³/mol. The van der Waals surface area contributed by atoms with E-state index in [1.807, 2.05) is 13.0 Å². The molecule has 0 heterocycles. The van der Waals surface area contributed by atoms with Crippen LogP contribution < -0.4 is 5.32 Å². The number of hydrogen-bond acceptors (Lipinski definition) is 2. The first-order valence-corrected chi connectivity index (χ1v) is 14.8. The lowest BCUT2D eigenvalue weighted by Crippen LogP contribution is -2.40. The average molecular weight is 466 g/mol. The van der Waals surface area contributed by atoms with Gasteiger partial charge in [-0.3, -0.25) is 4.79 Å². The van der Waals surface area contributed by atoms with Crippen LogP contribution >= 0.6 is 0 Å². The van der Waals surface area contributed by atoms with Gasteiger partial charge in [0.25, 0.3) is 0 Å². The molecule has 0 aliphatic heterocycles. The smallest absolute Gasteiger partial charge is 0.220 e. The summed E-state index contributed by atoms with van der Waals surface area (Å²) >= 11 is 0. The summed E-state index contributed by atoms with van der Waals surface area (Å²) in [5, 5.41) is 13.2. The maximum atomic E-state index is 12.1. The van der Waals surface area contributed by atoms with E-state index in [4.69, 9.17) is 0 Å². The SMILES string of the molecule is CCCCCCCCCCCCC/C=C/[C@@H](O)[C@H](C)NC(=O)CCCCCCCCCCC. The lowest BCUT2D eigenvalue weighted by molar-refractivity contribution is -0.122. The van der Waals surface area contributed by atoms with Gasteiger partial charge in [-0.25, -0.2) is 0 Å². The van der Waals surface area contributed by atoms with E-state index in [2.05, 4.69) is 25.2 Å². The number of unbranched alkanes of at least 4 members (excludes halogenated alkanes) is 19. The average Bonchev–Trinajstić information content (AvgIpc) is 2.80. The van der Waals surface area contributed by atoms with Crippen LogP contribution in [0, 0.1) is 0 Å². The van der Waals surface area contributed by atoms with Gasteiger partial charge in [-0.2, -0.15) is 0 Å². The van der Waals surface area contributed by atoms with Gasteiger partial charge < -0.3 is 10.4 Å². The second-order valence-electron chi connectivity index (χ2n) is 10.2. The van der Waals surface area contributed by atoms with Crippen molar-refractivity contribution < 1.29 is 9.90 Å². The minimum atomic E-state index is -0.593. The Balaban J connectivity index is 3.54. The topological polar surface area (TPSA) is 49.3 Å². The summed E-state index contributed by atoms with van der Waals surface area (Å²) in [4.78, 5) is 12.1. The molecule has 0 unspecified atom stereocenters. The highest BCUT2D eigenvalue weighted by molar-refractivity contribution is 5.76. The molecule has 0 bridgehead atoms. The summed E-state index contributed by atoms with van der Waals surface area (Å²) in [5.41, 5.74) is 0. The minimum absolute atomic E-state index is 0.0725. The largest absolute Gasteiger partial charge is 0.387 e. The summed E-state index contributed by atoms with van der Waals surface area (Å²) in [6, 6.07) is -0.218. The van der Waals surface area contributed by atoms with Crippen LogP contribution in [-0.4, -0.2) is 23.2 Å². The summed E-state index contributed by atoms with van der Waals surface area (Å²) in [7, 11) is 0. The predicted octanol–water partition coefficient (Wildman–Crippen LogP) is 9.03. The standard InChI is InChI=1S/C30H59NO2/c1-4-6-8-10-12-14-15-16-17-19-20-22-24-26-29(32)28(3)31-30(33)27-25-23-21-18-13-11-9-7-5-2/h24,26,28-29,32H,4-23,25,27H2,1-3H3,(H,31,33)/b26-24+/t28-,29+/m0/s1. The third-order valence-corrected chi connectivity index (χ3v) is 6.72. The first-order valence-electron chi connectivity index (χ1n) is 14.8. The van der Waals surface area contributed by atoms with Gasteiger partial charge in [0.05, 0.1) is 12.1 Å². The van der Waals surface area contributed by atoms with E-state index in [-0.39, 0.29) is 11.9 Å². The van der Waals surface area contributed by atoms with Gasteiger partial charge in [-0.15, -0.1) is 0 Å². The lowest BCUT2D eigenvalue weighted by Gasteiger charge is -2.17. The van der Waals surface area contributed by atoms with Crippen molar-refractivity contribution in [1.82, 2.24) is 5.32 Å². The highest BCUT2D eigenvalue weighted by Gasteiger charge is 2.13. The third-order valence-electron chi connectivity index (χ3n) is 6.72. The molecular formula is C30H59NO2. The van der Waals surface area contributed by atoms with Crippen molar-refractivity contribution in [2.45, 2.75) is 174 Å². The number of carbonyl (C=O) groups is 1. The monoisotopic (exact) mass is 465 g/mol. The van der Waals surface area contributed by atoms with Gasteiger partial charge >= 0.3 is 0 Å².